The van der Waals surface area contributed by atoms with Crippen molar-refractivity contribution in [2.75, 3.05) is 39.5 Å². The molecular weight excluding hydrogens is 448 g/mol. The normalized spacial score (nSPS) is 20.4. The lowest BCUT2D eigenvalue weighted by molar-refractivity contribution is 0.0298. The molecular formula is C26H30N4O3S. The third-order valence-corrected chi connectivity index (χ3v) is 7.60. The molecule has 1 amide bonds. The number of hydrogen-bond donors (Lipinski definition) is 1. The van der Waals surface area contributed by atoms with Crippen LogP contribution in [0.1, 0.15) is 33.7 Å². The first kappa shape index (κ1) is 23.1. The largest absolute Gasteiger partial charge is 0.380 e. The van der Waals surface area contributed by atoms with Crippen LogP contribution in [-0.2, 0) is 21.8 Å². The number of allylic oxidation sites excluding steroid dienone is 3. The molecule has 0 saturated carbocycles. The average Bonchev–Trinajstić information content (AvgIpc) is 3.55. The van der Waals surface area contributed by atoms with E-state index in [2.05, 4.69) is 42.7 Å². The minimum atomic E-state index is -0.0380. The molecule has 3 aliphatic heterocycles. The van der Waals surface area contributed by atoms with Gasteiger partial charge in [-0.25, -0.2) is 4.68 Å². The maximum absolute atomic E-state index is 13.4. The van der Waals surface area contributed by atoms with Gasteiger partial charge in [0.2, 0.25) is 0 Å². The number of aromatic nitrogens is 2. The van der Waals surface area contributed by atoms with E-state index in [1.54, 1.807) is 11.8 Å². The van der Waals surface area contributed by atoms with Crippen LogP contribution in [0, 0.1) is 0 Å². The fourth-order valence-corrected chi connectivity index (χ4v) is 5.59. The number of rotatable bonds is 7. The number of carbonyl (C=O) groups is 1. The summed E-state index contributed by atoms with van der Waals surface area (Å²) in [6, 6.07) is 8.77. The van der Waals surface area contributed by atoms with E-state index in [4.69, 9.17) is 14.6 Å². The Bertz CT molecular complexity index is 1110. The van der Waals surface area contributed by atoms with Crippen molar-refractivity contribution in [2.45, 2.75) is 24.8 Å². The molecule has 0 radical (unpaired) electrons. The van der Waals surface area contributed by atoms with Gasteiger partial charge in [-0.1, -0.05) is 37.4 Å². The van der Waals surface area contributed by atoms with Gasteiger partial charge in [-0.3, -0.25) is 4.79 Å². The van der Waals surface area contributed by atoms with E-state index >= 15 is 0 Å². The molecule has 34 heavy (non-hydrogen) atoms. The Morgan fingerprint density at radius 2 is 1.94 bits per heavy atom. The van der Waals surface area contributed by atoms with Crippen LogP contribution >= 0.6 is 11.8 Å². The van der Waals surface area contributed by atoms with Crippen LogP contribution in [-0.4, -0.2) is 66.1 Å². The molecule has 178 valence electrons. The predicted octanol–water partition coefficient (Wildman–Crippen LogP) is 3.55. The fraction of sp³-hybridized carbons (Fsp3) is 0.385. The van der Waals surface area contributed by atoms with Gasteiger partial charge in [-0.15, -0.1) is 11.8 Å². The summed E-state index contributed by atoms with van der Waals surface area (Å²) in [4.78, 5) is 16.3. The third kappa shape index (κ3) is 4.51. The number of carbonyl (C=O) groups excluding carboxylic acids is 1. The van der Waals surface area contributed by atoms with E-state index in [0.717, 1.165) is 53.6 Å². The summed E-state index contributed by atoms with van der Waals surface area (Å²) in [5, 5.41) is 8.42. The zero-order valence-electron chi connectivity index (χ0n) is 19.3. The van der Waals surface area contributed by atoms with Gasteiger partial charge in [-0.05, 0) is 24.1 Å². The highest BCUT2D eigenvalue weighted by molar-refractivity contribution is 8.02. The van der Waals surface area contributed by atoms with E-state index < -0.39 is 0 Å². The molecule has 0 spiro atoms. The number of nitrogens with zero attached hydrogens (tertiary/aromatic N) is 3. The Morgan fingerprint density at radius 3 is 2.62 bits per heavy atom. The van der Waals surface area contributed by atoms with E-state index in [1.165, 1.54) is 5.56 Å². The number of ether oxygens (including phenoxy) is 2. The molecule has 4 heterocycles. The lowest BCUT2D eigenvalue weighted by Crippen LogP contribution is -2.41. The second kappa shape index (κ2) is 10.3. The predicted molar refractivity (Wildman–Crippen MR) is 135 cm³/mol. The topological polar surface area (TPSA) is 68.6 Å². The van der Waals surface area contributed by atoms with Crippen LogP contribution in [0.4, 0.5) is 0 Å². The van der Waals surface area contributed by atoms with Crippen LogP contribution in [0.25, 0.3) is 11.3 Å². The Kier molecular flexibility index (Phi) is 7.01. The first-order valence-corrected chi connectivity index (χ1v) is 12.7. The van der Waals surface area contributed by atoms with Crippen molar-refractivity contribution in [3.63, 3.8) is 0 Å². The molecule has 5 rings (SSSR count). The van der Waals surface area contributed by atoms with E-state index in [1.807, 2.05) is 21.7 Å². The van der Waals surface area contributed by atoms with Crippen molar-refractivity contribution in [3.05, 3.63) is 77.0 Å². The van der Waals surface area contributed by atoms with E-state index in [9.17, 15) is 4.79 Å². The van der Waals surface area contributed by atoms with Gasteiger partial charge in [0, 0.05) is 54.1 Å². The number of thioether (sulfide) groups is 1. The highest BCUT2D eigenvalue weighted by Gasteiger charge is 2.32. The van der Waals surface area contributed by atoms with Crippen LogP contribution in [0.15, 0.2) is 54.5 Å². The lowest BCUT2D eigenvalue weighted by Gasteiger charge is -2.26. The Labute approximate surface area is 204 Å². The summed E-state index contributed by atoms with van der Waals surface area (Å²) in [6.45, 7) is 12.7. The van der Waals surface area contributed by atoms with Gasteiger partial charge < -0.3 is 19.7 Å². The zero-order chi connectivity index (χ0) is 23.5. The molecule has 3 aliphatic rings. The standard InChI is InChI=1S/C26H30N4O3S/c1-3-21-23(4-2)34-17-22-24(26(31)29-10-13-32-14-11-29)28-30(25(21)22)20-7-5-18(6-8-20)15-27-19-9-12-33-16-19/h3-8,19,27H,1-2,9-17H2. The highest BCUT2D eigenvalue weighted by atomic mass is 32.2. The molecule has 7 nitrogen and oxygen atoms in total. The molecule has 1 aromatic carbocycles. The molecule has 1 atom stereocenters. The van der Waals surface area contributed by atoms with Crippen LogP contribution < -0.4 is 5.32 Å². The SMILES string of the molecule is C=CC1=C(C=C)c2c(c(C(=O)N3CCOCC3)nn2-c2ccc(CNC3CCOC3)cc2)CS1. The summed E-state index contributed by atoms with van der Waals surface area (Å²) in [5.74, 6) is 0.634. The van der Waals surface area contributed by atoms with Crippen molar-refractivity contribution in [1.82, 2.24) is 20.0 Å². The molecule has 2 saturated heterocycles. The summed E-state index contributed by atoms with van der Waals surface area (Å²) in [6.07, 6.45) is 4.75. The summed E-state index contributed by atoms with van der Waals surface area (Å²) in [7, 11) is 0. The maximum atomic E-state index is 13.4. The number of amides is 1. The summed E-state index contributed by atoms with van der Waals surface area (Å²) < 4.78 is 12.8. The molecule has 2 aromatic rings. The van der Waals surface area contributed by atoms with Crippen LogP contribution in [0.3, 0.4) is 0 Å². The number of fused-ring (bicyclic) bond motifs is 1. The van der Waals surface area contributed by atoms with Crippen LogP contribution in [0.2, 0.25) is 0 Å². The summed E-state index contributed by atoms with van der Waals surface area (Å²) in [5.41, 5.74) is 5.46. The van der Waals surface area contributed by atoms with Gasteiger partial charge >= 0.3 is 0 Å². The third-order valence-electron chi connectivity index (χ3n) is 6.47. The van der Waals surface area contributed by atoms with Crippen LogP contribution in [0.5, 0.6) is 0 Å². The Hall–Kier alpha value is -2.65. The van der Waals surface area contributed by atoms with Gasteiger partial charge in [0.05, 0.1) is 31.2 Å². The number of hydrogen-bond acceptors (Lipinski definition) is 6. The van der Waals surface area contributed by atoms with Crippen molar-refractivity contribution < 1.29 is 14.3 Å². The van der Waals surface area contributed by atoms with Crippen molar-refractivity contribution in [2.24, 2.45) is 0 Å². The van der Waals surface area contributed by atoms with E-state index in [0.29, 0.717) is 43.8 Å². The lowest BCUT2D eigenvalue weighted by atomic mass is 10.0. The maximum Gasteiger partial charge on any atom is 0.274 e. The average molecular weight is 479 g/mol. The van der Waals surface area contributed by atoms with Gasteiger partial charge in [-0.2, -0.15) is 5.10 Å². The second-order valence-electron chi connectivity index (χ2n) is 8.57. The second-order valence-corrected chi connectivity index (χ2v) is 9.59. The minimum absolute atomic E-state index is 0.0380. The fourth-order valence-electron chi connectivity index (χ4n) is 4.56. The molecule has 1 unspecified atom stereocenters. The quantitative estimate of drug-likeness (QED) is 0.657. The minimum Gasteiger partial charge on any atom is -0.380 e. The number of morpholine rings is 1. The zero-order valence-corrected chi connectivity index (χ0v) is 20.1. The number of benzene rings is 1. The highest BCUT2D eigenvalue weighted by Crippen LogP contribution is 2.41. The monoisotopic (exact) mass is 478 g/mol. The molecule has 8 heteroatoms. The first-order chi connectivity index (χ1) is 16.7. The van der Waals surface area contributed by atoms with Crippen molar-refractivity contribution in [3.8, 4) is 5.69 Å². The van der Waals surface area contributed by atoms with Gasteiger partial charge in [0.15, 0.2) is 5.69 Å². The number of nitrogens with one attached hydrogen (secondary N) is 1. The molecule has 1 N–H and O–H groups in total. The molecule has 0 bridgehead atoms. The van der Waals surface area contributed by atoms with Crippen molar-refractivity contribution >= 4 is 23.2 Å². The summed E-state index contributed by atoms with van der Waals surface area (Å²) >= 11 is 1.67. The Balaban J connectivity index is 1.49. The van der Waals surface area contributed by atoms with E-state index in [-0.39, 0.29) is 5.91 Å². The van der Waals surface area contributed by atoms with Crippen molar-refractivity contribution in [1.29, 1.82) is 0 Å². The molecule has 1 aromatic heterocycles. The molecule has 2 fully saturated rings. The molecule has 0 aliphatic carbocycles. The smallest absolute Gasteiger partial charge is 0.274 e. The van der Waals surface area contributed by atoms with Gasteiger partial charge in [0.1, 0.15) is 0 Å². The first-order valence-electron chi connectivity index (χ1n) is 11.7. The van der Waals surface area contributed by atoms with Gasteiger partial charge in [0.25, 0.3) is 5.91 Å². The Morgan fingerprint density at radius 1 is 1.15 bits per heavy atom.